The summed E-state index contributed by atoms with van der Waals surface area (Å²) in [5, 5.41) is 3.02. The Labute approximate surface area is 143 Å². The summed E-state index contributed by atoms with van der Waals surface area (Å²) in [5.41, 5.74) is 1.30. The van der Waals surface area contributed by atoms with E-state index in [-0.39, 0.29) is 17.9 Å². The third kappa shape index (κ3) is 4.69. The first kappa shape index (κ1) is 17.7. The highest BCUT2D eigenvalue weighted by Crippen LogP contribution is 2.07. The van der Waals surface area contributed by atoms with E-state index in [0.29, 0.717) is 24.2 Å². The zero-order valence-corrected chi connectivity index (χ0v) is 14.2. The van der Waals surface area contributed by atoms with Crippen LogP contribution in [-0.4, -0.2) is 35.8 Å². The molecular formula is C20H24N2O2. The quantitative estimate of drug-likeness (QED) is 0.849. The molecule has 4 heteroatoms. The average Bonchev–Trinajstić information content (AvgIpc) is 2.65. The van der Waals surface area contributed by atoms with Crippen LogP contribution in [0.2, 0.25) is 0 Å². The second-order valence-electron chi connectivity index (χ2n) is 5.65. The molecule has 1 atom stereocenters. The van der Waals surface area contributed by atoms with Crippen molar-refractivity contribution in [3.63, 3.8) is 0 Å². The van der Waals surface area contributed by atoms with Crippen LogP contribution in [0.3, 0.4) is 0 Å². The zero-order valence-electron chi connectivity index (χ0n) is 14.2. The standard InChI is InChI=1S/C20H24N2O2/c1-3-18(21-19(23)16-11-7-5-8-12-16)15-22(4-2)20(24)17-13-9-6-10-14-17/h5-14,18H,3-4,15H2,1-2H3,(H,21,23). The molecule has 0 fully saturated rings. The van der Waals surface area contributed by atoms with E-state index in [1.807, 2.05) is 62.4 Å². The third-order valence-electron chi connectivity index (χ3n) is 3.99. The Bertz CT molecular complexity index is 656. The molecule has 0 aliphatic rings. The van der Waals surface area contributed by atoms with Gasteiger partial charge in [0.05, 0.1) is 0 Å². The van der Waals surface area contributed by atoms with Crippen molar-refractivity contribution >= 4 is 11.8 Å². The first-order valence-corrected chi connectivity index (χ1v) is 8.36. The van der Waals surface area contributed by atoms with E-state index >= 15 is 0 Å². The van der Waals surface area contributed by atoms with Gasteiger partial charge >= 0.3 is 0 Å². The van der Waals surface area contributed by atoms with Crippen molar-refractivity contribution in [1.29, 1.82) is 0 Å². The van der Waals surface area contributed by atoms with Crippen molar-refractivity contribution < 1.29 is 9.59 Å². The summed E-state index contributed by atoms with van der Waals surface area (Å²) in [4.78, 5) is 26.7. The molecule has 0 bridgehead atoms. The topological polar surface area (TPSA) is 49.4 Å². The predicted molar refractivity (Wildman–Crippen MR) is 96.0 cm³/mol. The Kier molecular flexibility index (Phi) is 6.55. The van der Waals surface area contributed by atoms with E-state index in [4.69, 9.17) is 0 Å². The molecule has 2 amide bonds. The zero-order chi connectivity index (χ0) is 17.4. The molecule has 4 nitrogen and oxygen atoms in total. The fourth-order valence-electron chi connectivity index (χ4n) is 2.52. The minimum absolute atomic E-state index is 0.00879. The number of carbonyl (C=O) groups is 2. The van der Waals surface area contributed by atoms with Crippen LogP contribution < -0.4 is 5.32 Å². The molecule has 126 valence electrons. The van der Waals surface area contributed by atoms with Gasteiger partial charge < -0.3 is 10.2 Å². The molecule has 1 unspecified atom stereocenters. The highest BCUT2D eigenvalue weighted by Gasteiger charge is 2.19. The van der Waals surface area contributed by atoms with E-state index < -0.39 is 0 Å². The normalized spacial score (nSPS) is 11.6. The lowest BCUT2D eigenvalue weighted by Crippen LogP contribution is -2.45. The molecule has 0 aliphatic heterocycles. The van der Waals surface area contributed by atoms with Gasteiger partial charge in [-0.2, -0.15) is 0 Å². The third-order valence-corrected chi connectivity index (χ3v) is 3.99. The van der Waals surface area contributed by atoms with Gasteiger partial charge in [-0.15, -0.1) is 0 Å². The fourth-order valence-corrected chi connectivity index (χ4v) is 2.52. The number of rotatable bonds is 7. The maximum absolute atomic E-state index is 12.6. The lowest BCUT2D eigenvalue weighted by atomic mass is 10.1. The summed E-state index contributed by atoms with van der Waals surface area (Å²) in [7, 11) is 0. The average molecular weight is 324 g/mol. The predicted octanol–water partition coefficient (Wildman–Crippen LogP) is 3.36. The maximum atomic E-state index is 12.6. The molecule has 2 rings (SSSR count). The van der Waals surface area contributed by atoms with E-state index in [1.165, 1.54) is 0 Å². The summed E-state index contributed by atoms with van der Waals surface area (Å²) in [6.45, 7) is 5.06. The number of nitrogens with zero attached hydrogens (tertiary/aromatic N) is 1. The van der Waals surface area contributed by atoms with Crippen molar-refractivity contribution in [3.05, 3.63) is 71.8 Å². The smallest absolute Gasteiger partial charge is 0.253 e. The molecule has 2 aromatic carbocycles. The molecule has 1 N–H and O–H groups in total. The molecule has 0 saturated heterocycles. The molecule has 24 heavy (non-hydrogen) atoms. The lowest BCUT2D eigenvalue weighted by Gasteiger charge is -2.27. The number of hydrogen-bond acceptors (Lipinski definition) is 2. The van der Waals surface area contributed by atoms with E-state index in [0.717, 1.165) is 6.42 Å². The van der Waals surface area contributed by atoms with Crippen LogP contribution in [-0.2, 0) is 0 Å². The number of carbonyl (C=O) groups excluding carboxylic acids is 2. The summed E-state index contributed by atoms with van der Waals surface area (Å²) in [5.74, 6) is -0.115. The van der Waals surface area contributed by atoms with Crippen LogP contribution in [0.1, 0.15) is 41.0 Å². The summed E-state index contributed by atoms with van der Waals surface area (Å²) in [6, 6.07) is 18.3. The Balaban J connectivity index is 2.02. The van der Waals surface area contributed by atoms with E-state index in [9.17, 15) is 9.59 Å². The van der Waals surface area contributed by atoms with Gasteiger partial charge in [-0.25, -0.2) is 0 Å². The van der Waals surface area contributed by atoms with Gasteiger partial charge in [0.15, 0.2) is 0 Å². The van der Waals surface area contributed by atoms with Gasteiger partial charge in [-0.3, -0.25) is 9.59 Å². The molecular weight excluding hydrogens is 300 g/mol. The minimum atomic E-state index is -0.106. The molecule has 0 radical (unpaired) electrons. The van der Waals surface area contributed by atoms with Gasteiger partial charge in [0.2, 0.25) is 0 Å². The number of hydrogen-bond donors (Lipinski definition) is 1. The van der Waals surface area contributed by atoms with Crippen LogP contribution in [0.5, 0.6) is 0 Å². The van der Waals surface area contributed by atoms with Gasteiger partial charge in [0, 0.05) is 30.3 Å². The van der Waals surface area contributed by atoms with E-state index in [1.54, 1.807) is 17.0 Å². The van der Waals surface area contributed by atoms with Crippen LogP contribution in [0, 0.1) is 0 Å². The Morgan fingerprint density at radius 2 is 1.46 bits per heavy atom. The fraction of sp³-hybridized carbons (Fsp3) is 0.300. The number of nitrogens with one attached hydrogen (secondary N) is 1. The van der Waals surface area contributed by atoms with Crippen LogP contribution in [0.25, 0.3) is 0 Å². The summed E-state index contributed by atoms with van der Waals surface area (Å²) in [6.07, 6.45) is 0.761. The number of benzene rings is 2. The van der Waals surface area contributed by atoms with Crippen molar-refractivity contribution in [2.45, 2.75) is 26.3 Å². The van der Waals surface area contributed by atoms with Gasteiger partial charge in [-0.05, 0) is 37.6 Å². The van der Waals surface area contributed by atoms with Crippen molar-refractivity contribution in [3.8, 4) is 0 Å². The molecule has 0 aliphatic carbocycles. The second kappa shape index (κ2) is 8.87. The molecule has 2 aromatic rings. The molecule has 0 aromatic heterocycles. The van der Waals surface area contributed by atoms with Crippen molar-refractivity contribution in [2.75, 3.05) is 13.1 Å². The van der Waals surface area contributed by atoms with Crippen molar-refractivity contribution in [1.82, 2.24) is 10.2 Å². The lowest BCUT2D eigenvalue weighted by molar-refractivity contribution is 0.0732. The van der Waals surface area contributed by atoms with Crippen LogP contribution in [0.4, 0.5) is 0 Å². The van der Waals surface area contributed by atoms with Crippen molar-refractivity contribution in [2.24, 2.45) is 0 Å². The molecule has 0 heterocycles. The van der Waals surface area contributed by atoms with Gasteiger partial charge in [0.1, 0.15) is 0 Å². The first-order valence-electron chi connectivity index (χ1n) is 8.36. The Hall–Kier alpha value is -2.62. The highest BCUT2D eigenvalue weighted by atomic mass is 16.2. The number of amides is 2. The molecule has 0 saturated carbocycles. The summed E-state index contributed by atoms with van der Waals surface area (Å²) < 4.78 is 0. The Morgan fingerprint density at radius 1 is 0.917 bits per heavy atom. The maximum Gasteiger partial charge on any atom is 0.253 e. The van der Waals surface area contributed by atoms with Gasteiger partial charge in [-0.1, -0.05) is 43.3 Å². The highest BCUT2D eigenvalue weighted by molar-refractivity contribution is 5.95. The van der Waals surface area contributed by atoms with Crippen LogP contribution in [0.15, 0.2) is 60.7 Å². The minimum Gasteiger partial charge on any atom is -0.348 e. The monoisotopic (exact) mass is 324 g/mol. The summed E-state index contributed by atoms with van der Waals surface area (Å²) >= 11 is 0. The first-order chi connectivity index (χ1) is 11.7. The van der Waals surface area contributed by atoms with Gasteiger partial charge in [0.25, 0.3) is 11.8 Å². The number of likely N-dealkylation sites (N-methyl/N-ethyl adjacent to an activating group) is 1. The second-order valence-corrected chi connectivity index (χ2v) is 5.65. The van der Waals surface area contributed by atoms with E-state index in [2.05, 4.69) is 5.32 Å². The Morgan fingerprint density at radius 3 is 1.96 bits per heavy atom. The van der Waals surface area contributed by atoms with Crippen LogP contribution >= 0.6 is 0 Å². The molecule has 0 spiro atoms. The largest absolute Gasteiger partial charge is 0.348 e. The SMILES string of the molecule is CCC(CN(CC)C(=O)c1ccccc1)NC(=O)c1ccccc1.